The predicted octanol–water partition coefficient (Wildman–Crippen LogP) is 5.70. The molecule has 3 aromatic rings. The molecule has 1 aliphatic carbocycles. The minimum absolute atomic E-state index is 1.14. The van der Waals surface area contributed by atoms with Gasteiger partial charge in [-0.1, -0.05) is 76.6 Å². The van der Waals surface area contributed by atoms with Crippen molar-refractivity contribution in [2.45, 2.75) is 0 Å². The fraction of sp³-hybridized carbons (Fsp3) is 0. The highest BCUT2D eigenvalue weighted by Gasteiger charge is 2.22. The molecule has 0 saturated carbocycles. The van der Waals surface area contributed by atoms with E-state index in [0.29, 0.717) is 0 Å². The maximum atomic E-state index is 3.71. The van der Waals surface area contributed by atoms with E-state index in [1.165, 1.54) is 33.4 Å². The summed E-state index contributed by atoms with van der Waals surface area (Å²) < 4.78 is 1.14. The van der Waals surface area contributed by atoms with E-state index >= 15 is 0 Å². The van der Waals surface area contributed by atoms with Gasteiger partial charge in [-0.05, 0) is 33.9 Å². The summed E-state index contributed by atoms with van der Waals surface area (Å²) in [5, 5.41) is 0. The largest absolute Gasteiger partial charge is 0.0622 e. The van der Waals surface area contributed by atoms with Gasteiger partial charge in [0.1, 0.15) is 0 Å². The smallest absolute Gasteiger partial charge is 0.0257 e. The molecule has 0 aromatic heterocycles. The minimum Gasteiger partial charge on any atom is -0.0622 e. The van der Waals surface area contributed by atoms with Gasteiger partial charge in [0.05, 0.1) is 0 Å². The molecule has 20 heavy (non-hydrogen) atoms. The standard InChI is InChI=1S/C19H12Br/c20-18-11-10-16-15-9-5-4-8-14(15)12-17(16)19(18)13-6-2-1-3-7-13/h1-12H. The van der Waals surface area contributed by atoms with E-state index in [1.807, 2.05) is 0 Å². The Morgan fingerprint density at radius 1 is 0.650 bits per heavy atom. The second kappa shape index (κ2) is 4.60. The molecule has 0 bridgehead atoms. The summed E-state index contributed by atoms with van der Waals surface area (Å²) in [6, 6.07) is 23.5. The average molecular weight is 320 g/mol. The molecule has 0 saturated heterocycles. The van der Waals surface area contributed by atoms with Gasteiger partial charge in [-0.15, -0.1) is 0 Å². The van der Waals surface area contributed by atoms with Crippen LogP contribution in [0.1, 0.15) is 11.1 Å². The number of hydrogen-bond acceptors (Lipinski definition) is 0. The number of rotatable bonds is 1. The molecule has 1 radical (unpaired) electrons. The highest BCUT2D eigenvalue weighted by atomic mass is 79.9. The maximum absolute atomic E-state index is 3.71. The van der Waals surface area contributed by atoms with E-state index in [9.17, 15) is 0 Å². The minimum atomic E-state index is 1.14. The van der Waals surface area contributed by atoms with Crippen molar-refractivity contribution in [2.24, 2.45) is 0 Å². The van der Waals surface area contributed by atoms with E-state index < -0.39 is 0 Å². The quantitative estimate of drug-likeness (QED) is 0.422. The second-order valence-corrected chi connectivity index (χ2v) is 5.84. The molecule has 95 valence electrons. The lowest BCUT2D eigenvalue weighted by atomic mass is 9.96. The normalized spacial score (nSPS) is 12.1. The molecular weight excluding hydrogens is 308 g/mol. The molecule has 1 aliphatic rings. The lowest BCUT2D eigenvalue weighted by molar-refractivity contribution is 1.50. The van der Waals surface area contributed by atoms with Gasteiger partial charge in [0.2, 0.25) is 0 Å². The molecule has 0 spiro atoms. The Morgan fingerprint density at radius 3 is 2.25 bits per heavy atom. The summed E-state index contributed by atoms with van der Waals surface area (Å²) in [5.74, 6) is 0. The lowest BCUT2D eigenvalue weighted by Crippen LogP contribution is -1.88. The van der Waals surface area contributed by atoms with Crippen molar-refractivity contribution in [3.05, 3.63) is 88.8 Å². The third kappa shape index (κ3) is 1.74. The van der Waals surface area contributed by atoms with Crippen molar-refractivity contribution >= 4 is 15.9 Å². The van der Waals surface area contributed by atoms with Gasteiger partial charge in [-0.25, -0.2) is 0 Å². The van der Waals surface area contributed by atoms with Crippen molar-refractivity contribution in [1.29, 1.82) is 0 Å². The number of fused-ring (bicyclic) bond motifs is 3. The molecule has 0 heterocycles. The number of benzene rings is 3. The van der Waals surface area contributed by atoms with Crippen LogP contribution in [0.25, 0.3) is 22.3 Å². The molecular formula is C19H12Br. The Bertz CT molecular complexity index is 788. The van der Waals surface area contributed by atoms with Gasteiger partial charge in [0, 0.05) is 16.5 Å². The molecule has 4 rings (SSSR count). The van der Waals surface area contributed by atoms with Crippen molar-refractivity contribution in [1.82, 2.24) is 0 Å². The molecule has 0 amide bonds. The van der Waals surface area contributed by atoms with Gasteiger partial charge in [-0.3, -0.25) is 0 Å². The van der Waals surface area contributed by atoms with Gasteiger partial charge < -0.3 is 0 Å². The first-order chi connectivity index (χ1) is 9.84. The Balaban J connectivity index is 2.00. The van der Waals surface area contributed by atoms with Crippen LogP contribution in [0, 0.1) is 6.42 Å². The van der Waals surface area contributed by atoms with Gasteiger partial charge in [0.25, 0.3) is 0 Å². The van der Waals surface area contributed by atoms with E-state index in [4.69, 9.17) is 0 Å². The summed E-state index contributed by atoms with van der Waals surface area (Å²) in [6.07, 6.45) is 2.29. The Hall–Kier alpha value is -1.86. The lowest BCUT2D eigenvalue weighted by Gasteiger charge is -2.11. The first-order valence-electron chi connectivity index (χ1n) is 6.67. The summed E-state index contributed by atoms with van der Waals surface area (Å²) in [6.45, 7) is 0. The van der Waals surface area contributed by atoms with Crippen LogP contribution in [-0.2, 0) is 0 Å². The van der Waals surface area contributed by atoms with Crippen LogP contribution in [0.15, 0.2) is 71.2 Å². The molecule has 0 atom stereocenters. The number of halogens is 1. The monoisotopic (exact) mass is 319 g/mol. The first kappa shape index (κ1) is 11.9. The van der Waals surface area contributed by atoms with Gasteiger partial charge in [-0.2, -0.15) is 0 Å². The van der Waals surface area contributed by atoms with Crippen molar-refractivity contribution in [3.63, 3.8) is 0 Å². The zero-order chi connectivity index (χ0) is 13.5. The van der Waals surface area contributed by atoms with Gasteiger partial charge >= 0.3 is 0 Å². The fourth-order valence-electron chi connectivity index (χ4n) is 2.90. The van der Waals surface area contributed by atoms with E-state index in [-0.39, 0.29) is 0 Å². The SMILES string of the molecule is Brc1ccc2c(c1-c1ccccc1)[CH]c1ccccc1-2. The first-order valence-corrected chi connectivity index (χ1v) is 7.46. The van der Waals surface area contributed by atoms with E-state index in [0.717, 1.165) is 4.47 Å². The summed E-state index contributed by atoms with van der Waals surface area (Å²) in [5.41, 5.74) is 7.79. The molecule has 0 fully saturated rings. The maximum Gasteiger partial charge on any atom is 0.0257 e. The zero-order valence-electron chi connectivity index (χ0n) is 10.8. The fourth-order valence-corrected chi connectivity index (χ4v) is 3.47. The second-order valence-electron chi connectivity index (χ2n) is 4.98. The Kier molecular flexibility index (Phi) is 2.75. The van der Waals surface area contributed by atoms with Crippen LogP contribution in [0.3, 0.4) is 0 Å². The van der Waals surface area contributed by atoms with Gasteiger partial charge in [0.15, 0.2) is 0 Å². The third-order valence-electron chi connectivity index (χ3n) is 3.81. The van der Waals surface area contributed by atoms with Crippen LogP contribution < -0.4 is 0 Å². The Morgan fingerprint density at radius 2 is 1.40 bits per heavy atom. The van der Waals surface area contributed by atoms with Crippen LogP contribution in [0.5, 0.6) is 0 Å². The van der Waals surface area contributed by atoms with Crippen molar-refractivity contribution in [2.75, 3.05) is 0 Å². The van der Waals surface area contributed by atoms with E-state index in [1.54, 1.807) is 0 Å². The molecule has 0 aliphatic heterocycles. The van der Waals surface area contributed by atoms with E-state index in [2.05, 4.69) is 89.1 Å². The Labute approximate surface area is 127 Å². The summed E-state index contributed by atoms with van der Waals surface area (Å²) >= 11 is 3.71. The summed E-state index contributed by atoms with van der Waals surface area (Å²) in [4.78, 5) is 0. The van der Waals surface area contributed by atoms with Crippen LogP contribution in [-0.4, -0.2) is 0 Å². The topological polar surface area (TPSA) is 0 Å². The van der Waals surface area contributed by atoms with Crippen molar-refractivity contribution in [3.8, 4) is 22.3 Å². The van der Waals surface area contributed by atoms with Crippen LogP contribution in [0.4, 0.5) is 0 Å². The molecule has 3 aromatic carbocycles. The molecule has 0 nitrogen and oxygen atoms in total. The van der Waals surface area contributed by atoms with Crippen LogP contribution in [0.2, 0.25) is 0 Å². The highest BCUT2D eigenvalue weighted by molar-refractivity contribution is 9.10. The highest BCUT2D eigenvalue weighted by Crippen LogP contribution is 2.45. The number of hydrogen-bond donors (Lipinski definition) is 0. The third-order valence-corrected chi connectivity index (χ3v) is 4.47. The average Bonchev–Trinajstić information content (AvgIpc) is 2.86. The molecule has 0 N–H and O–H groups in total. The van der Waals surface area contributed by atoms with Crippen molar-refractivity contribution < 1.29 is 0 Å². The summed E-state index contributed by atoms with van der Waals surface area (Å²) in [7, 11) is 0. The molecule has 0 unspecified atom stereocenters. The zero-order valence-corrected chi connectivity index (χ0v) is 12.4. The predicted molar refractivity (Wildman–Crippen MR) is 87.5 cm³/mol. The molecule has 1 heteroatoms. The van der Waals surface area contributed by atoms with Crippen LogP contribution >= 0.6 is 15.9 Å².